The highest BCUT2D eigenvalue weighted by atomic mass is 32.1. The third-order valence-electron chi connectivity index (χ3n) is 4.42. The van der Waals surface area contributed by atoms with Gasteiger partial charge in [0.05, 0.1) is 16.7 Å². The molecule has 0 bridgehead atoms. The van der Waals surface area contributed by atoms with Gasteiger partial charge in [-0.25, -0.2) is 9.18 Å². The fourth-order valence-corrected chi connectivity index (χ4v) is 3.76. The van der Waals surface area contributed by atoms with E-state index in [1.54, 1.807) is 24.4 Å². The van der Waals surface area contributed by atoms with Crippen molar-refractivity contribution in [3.05, 3.63) is 99.8 Å². The van der Waals surface area contributed by atoms with E-state index < -0.39 is 5.97 Å². The molecule has 0 unspecified atom stereocenters. The molecule has 29 heavy (non-hydrogen) atoms. The zero-order chi connectivity index (χ0) is 20.2. The van der Waals surface area contributed by atoms with Crippen LogP contribution in [0.1, 0.15) is 21.6 Å². The molecule has 0 fully saturated rings. The summed E-state index contributed by atoms with van der Waals surface area (Å²) in [5, 5.41) is 11.4. The summed E-state index contributed by atoms with van der Waals surface area (Å²) in [4.78, 5) is 13.6. The third-order valence-corrected chi connectivity index (χ3v) is 5.32. The molecule has 4 rings (SSSR count). The number of ether oxygens (including phenoxy) is 1. The summed E-state index contributed by atoms with van der Waals surface area (Å²) in [6.07, 6.45) is 5.30. The highest BCUT2D eigenvalue weighted by Crippen LogP contribution is 2.26. The summed E-state index contributed by atoms with van der Waals surface area (Å²) in [7, 11) is 0. The maximum Gasteiger partial charge on any atom is 0.339 e. The molecule has 142 valence electrons. The predicted octanol–water partition coefficient (Wildman–Crippen LogP) is 5.30. The molecule has 0 aliphatic heterocycles. The molecule has 4 aromatic rings. The van der Waals surface area contributed by atoms with Crippen molar-refractivity contribution in [3.8, 4) is 6.07 Å². The Kier molecular flexibility index (Phi) is 5.23. The Labute approximate surface area is 170 Å². The fraction of sp³-hybridized carbons (Fsp3) is 0.0435. The molecule has 3 heterocycles. The summed E-state index contributed by atoms with van der Waals surface area (Å²) in [5.41, 5.74) is 2.97. The van der Waals surface area contributed by atoms with Gasteiger partial charge in [-0.2, -0.15) is 5.26 Å². The second kappa shape index (κ2) is 8.13. The molecular formula is C23H15FN2O2S. The lowest BCUT2D eigenvalue weighted by Crippen LogP contribution is -2.07. The highest BCUT2D eigenvalue weighted by Gasteiger charge is 2.17. The summed E-state index contributed by atoms with van der Waals surface area (Å²) < 4.78 is 20.6. The number of carbonyl (C=O) groups is 1. The van der Waals surface area contributed by atoms with E-state index in [0.717, 1.165) is 10.4 Å². The topological polar surface area (TPSA) is 54.5 Å². The van der Waals surface area contributed by atoms with Crippen molar-refractivity contribution < 1.29 is 13.9 Å². The molecule has 0 atom stereocenters. The number of esters is 1. The number of fused-ring (bicyclic) bond motifs is 1. The lowest BCUT2D eigenvalue weighted by atomic mass is 10.1. The molecule has 0 N–H and O–H groups in total. The number of aromatic nitrogens is 1. The van der Waals surface area contributed by atoms with Crippen LogP contribution in [0.3, 0.4) is 0 Å². The first-order valence-electron chi connectivity index (χ1n) is 8.82. The van der Waals surface area contributed by atoms with Crippen LogP contribution in [0.2, 0.25) is 0 Å². The Balaban J connectivity index is 1.61. The summed E-state index contributed by atoms with van der Waals surface area (Å²) in [6, 6.07) is 17.3. The molecule has 4 nitrogen and oxygen atoms in total. The van der Waals surface area contributed by atoms with Crippen LogP contribution in [0.25, 0.3) is 17.2 Å². The number of nitrogens with zero attached hydrogens (tertiary/aromatic N) is 2. The maximum absolute atomic E-state index is 13.2. The van der Waals surface area contributed by atoms with Gasteiger partial charge in [-0.1, -0.05) is 24.3 Å². The first kappa shape index (κ1) is 18.7. The van der Waals surface area contributed by atoms with Crippen molar-refractivity contribution in [2.24, 2.45) is 0 Å². The minimum absolute atomic E-state index is 0.0183. The van der Waals surface area contributed by atoms with Crippen LogP contribution in [0.15, 0.2) is 72.4 Å². The third kappa shape index (κ3) is 3.96. The zero-order valence-corrected chi connectivity index (χ0v) is 16.0. The van der Waals surface area contributed by atoms with E-state index in [1.165, 1.54) is 23.5 Å². The minimum atomic E-state index is -0.504. The van der Waals surface area contributed by atoms with Crippen molar-refractivity contribution in [1.29, 1.82) is 5.26 Å². The van der Waals surface area contributed by atoms with E-state index >= 15 is 0 Å². The first-order valence-corrected chi connectivity index (χ1v) is 9.70. The van der Waals surface area contributed by atoms with Gasteiger partial charge in [0.2, 0.25) is 0 Å². The van der Waals surface area contributed by atoms with Gasteiger partial charge in [-0.15, -0.1) is 11.3 Å². The van der Waals surface area contributed by atoms with Gasteiger partial charge in [-0.05, 0) is 47.4 Å². The van der Waals surface area contributed by atoms with Crippen LogP contribution < -0.4 is 0 Å². The molecule has 1 aromatic carbocycles. The van der Waals surface area contributed by atoms with Crippen molar-refractivity contribution >= 4 is 34.5 Å². The van der Waals surface area contributed by atoms with Crippen LogP contribution in [-0.2, 0) is 16.1 Å². The first-order chi connectivity index (χ1) is 14.2. The van der Waals surface area contributed by atoms with Crippen LogP contribution in [0.5, 0.6) is 0 Å². The number of hydrogen-bond acceptors (Lipinski definition) is 4. The van der Waals surface area contributed by atoms with E-state index in [4.69, 9.17) is 4.74 Å². The second-order valence-corrected chi connectivity index (χ2v) is 7.24. The Hall–Kier alpha value is -3.69. The second-order valence-electron chi connectivity index (χ2n) is 6.30. The monoisotopic (exact) mass is 402 g/mol. The van der Waals surface area contributed by atoms with Crippen molar-refractivity contribution in [3.63, 3.8) is 0 Å². The Morgan fingerprint density at radius 1 is 1.17 bits per heavy atom. The van der Waals surface area contributed by atoms with E-state index in [0.29, 0.717) is 22.3 Å². The largest absolute Gasteiger partial charge is 0.457 e. The Morgan fingerprint density at radius 3 is 2.72 bits per heavy atom. The number of pyridine rings is 1. The number of nitriles is 1. The fourth-order valence-electron chi connectivity index (χ4n) is 3.03. The molecule has 0 aliphatic carbocycles. The minimum Gasteiger partial charge on any atom is -0.457 e. The molecule has 0 radical (unpaired) electrons. The summed E-state index contributed by atoms with van der Waals surface area (Å²) in [6.45, 7) is -0.0183. The summed E-state index contributed by atoms with van der Waals surface area (Å²) in [5.74, 6) is -0.844. The number of hydrogen-bond donors (Lipinski definition) is 0. The smallest absolute Gasteiger partial charge is 0.339 e. The van der Waals surface area contributed by atoms with E-state index in [9.17, 15) is 14.4 Å². The van der Waals surface area contributed by atoms with Gasteiger partial charge in [0.25, 0.3) is 0 Å². The average Bonchev–Trinajstić information content (AvgIpc) is 3.39. The molecule has 0 amide bonds. The Bertz CT molecular complexity index is 1230. The molecule has 0 saturated carbocycles. The lowest BCUT2D eigenvalue weighted by Gasteiger charge is -2.07. The molecule has 3 aromatic heterocycles. The van der Waals surface area contributed by atoms with Gasteiger partial charge < -0.3 is 9.14 Å². The van der Waals surface area contributed by atoms with Crippen molar-refractivity contribution in [1.82, 2.24) is 4.40 Å². The number of rotatable bonds is 5. The zero-order valence-electron chi connectivity index (χ0n) is 15.2. The molecule has 6 heteroatoms. The number of carbonyl (C=O) groups excluding carboxylic acids is 1. The maximum atomic E-state index is 13.2. The predicted molar refractivity (Wildman–Crippen MR) is 110 cm³/mol. The van der Waals surface area contributed by atoms with Crippen LogP contribution in [-0.4, -0.2) is 10.4 Å². The van der Waals surface area contributed by atoms with E-state index in [-0.39, 0.29) is 12.4 Å². The van der Waals surface area contributed by atoms with Crippen molar-refractivity contribution in [2.45, 2.75) is 6.61 Å². The van der Waals surface area contributed by atoms with Crippen LogP contribution >= 0.6 is 11.3 Å². The Morgan fingerprint density at radius 2 is 2.00 bits per heavy atom. The highest BCUT2D eigenvalue weighted by molar-refractivity contribution is 7.11. The SMILES string of the molecule is N#Cc1c(COC(=O)C(=Cc2ccc(F)cc2)c2cccs2)cn2ccccc12. The van der Waals surface area contributed by atoms with Gasteiger partial charge >= 0.3 is 5.97 Å². The molecule has 0 saturated heterocycles. The van der Waals surface area contributed by atoms with Crippen LogP contribution in [0.4, 0.5) is 4.39 Å². The molecular weight excluding hydrogens is 387 g/mol. The normalized spacial score (nSPS) is 11.4. The average molecular weight is 402 g/mol. The standard InChI is InChI=1S/C23H15FN2O2S/c24-18-8-6-16(7-9-18)12-19(22-5-3-11-29-22)23(27)28-15-17-14-26-10-2-1-4-21(26)20(17)13-25/h1-12,14H,15H2. The lowest BCUT2D eigenvalue weighted by molar-refractivity contribution is -0.137. The number of thiophene rings is 1. The molecule has 0 aliphatic rings. The number of halogens is 1. The quantitative estimate of drug-likeness (QED) is 0.336. The van der Waals surface area contributed by atoms with Gasteiger partial charge in [0.1, 0.15) is 18.5 Å². The van der Waals surface area contributed by atoms with Crippen LogP contribution in [0, 0.1) is 17.1 Å². The van der Waals surface area contributed by atoms with E-state index in [1.807, 2.05) is 46.3 Å². The van der Waals surface area contributed by atoms with Gasteiger partial charge in [0.15, 0.2) is 0 Å². The number of benzene rings is 1. The van der Waals surface area contributed by atoms with E-state index in [2.05, 4.69) is 6.07 Å². The van der Waals surface area contributed by atoms with Gasteiger partial charge in [0, 0.05) is 22.8 Å². The van der Waals surface area contributed by atoms with Gasteiger partial charge in [-0.3, -0.25) is 0 Å². The molecule has 0 spiro atoms. The van der Waals surface area contributed by atoms with Crippen molar-refractivity contribution in [2.75, 3.05) is 0 Å². The summed E-state index contributed by atoms with van der Waals surface area (Å²) >= 11 is 1.42.